The van der Waals surface area contributed by atoms with Crippen molar-refractivity contribution < 1.29 is 4.74 Å². The predicted octanol–water partition coefficient (Wildman–Crippen LogP) is 2.45. The van der Waals surface area contributed by atoms with Crippen molar-refractivity contribution in [1.82, 2.24) is 15.5 Å². The Morgan fingerprint density at radius 2 is 2.08 bits per heavy atom. The van der Waals surface area contributed by atoms with Gasteiger partial charge in [-0.3, -0.25) is 4.90 Å². The summed E-state index contributed by atoms with van der Waals surface area (Å²) in [6.07, 6.45) is 4.89. The molecule has 2 aliphatic rings. The maximum absolute atomic E-state index is 5.64. The molecule has 24 heavy (non-hydrogen) atoms. The number of likely N-dealkylation sites (tertiary alicyclic amines) is 1. The van der Waals surface area contributed by atoms with Crippen molar-refractivity contribution in [2.24, 2.45) is 4.99 Å². The predicted molar refractivity (Wildman–Crippen MR) is 101 cm³/mol. The lowest BCUT2D eigenvalue weighted by atomic mass is 9.88. The Bertz CT molecular complexity index is 505. The van der Waals surface area contributed by atoms with E-state index in [0.717, 1.165) is 51.6 Å². The third kappa shape index (κ3) is 4.49. The second-order valence-corrected chi connectivity index (χ2v) is 7.49. The molecule has 0 spiro atoms. The average Bonchev–Trinajstić information content (AvgIpc) is 3.32. The number of thiophene rings is 1. The molecule has 0 aromatic carbocycles. The second-order valence-electron chi connectivity index (χ2n) is 6.71. The van der Waals surface area contributed by atoms with Gasteiger partial charge in [0.2, 0.25) is 0 Å². The van der Waals surface area contributed by atoms with Gasteiger partial charge in [-0.1, -0.05) is 0 Å². The van der Waals surface area contributed by atoms with Crippen LogP contribution in [0.3, 0.4) is 0 Å². The van der Waals surface area contributed by atoms with Crippen molar-refractivity contribution in [3.63, 3.8) is 0 Å². The molecule has 2 fully saturated rings. The number of hydrogen-bond donors (Lipinski definition) is 2. The van der Waals surface area contributed by atoms with Crippen LogP contribution in [0.2, 0.25) is 0 Å². The minimum absolute atomic E-state index is 0.229. The Kier molecular flexibility index (Phi) is 6.51. The summed E-state index contributed by atoms with van der Waals surface area (Å²) in [4.78, 5) is 7.43. The van der Waals surface area contributed by atoms with Crippen LogP contribution in [0.15, 0.2) is 21.8 Å². The van der Waals surface area contributed by atoms with E-state index in [9.17, 15) is 0 Å². The third-order valence-corrected chi connectivity index (χ3v) is 5.86. The molecule has 0 atom stereocenters. The lowest BCUT2D eigenvalue weighted by Gasteiger charge is -2.45. The molecule has 2 N–H and O–H groups in total. The van der Waals surface area contributed by atoms with Gasteiger partial charge in [-0.05, 0) is 68.1 Å². The van der Waals surface area contributed by atoms with Gasteiger partial charge in [0.25, 0.3) is 0 Å². The van der Waals surface area contributed by atoms with Crippen molar-refractivity contribution in [2.45, 2.75) is 44.7 Å². The molecular weight excluding hydrogens is 320 g/mol. The van der Waals surface area contributed by atoms with Crippen LogP contribution in [0.5, 0.6) is 0 Å². The second kappa shape index (κ2) is 8.83. The summed E-state index contributed by atoms with van der Waals surface area (Å²) >= 11 is 1.73. The zero-order chi connectivity index (χ0) is 16.7. The molecule has 0 unspecified atom stereocenters. The van der Waals surface area contributed by atoms with Gasteiger partial charge < -0.3 is 15.4 Å². The average molecular weight is 351 g/mol. The van der Waals surface area contributed by atoms with E-state index in [-0.39, 0.29) is 5.54 Å². The fourth-order valence-electron chi connectivity index (χ4n) is 3.69. The quantitative estimate of drug-likeness (QED) is 0.611. The molecule has 3 heterocycles. The van der Waals surface area contributed by atoms with E-state index in [1.54, 1.807) is 11.3 Å². The molecule has 2 saturated heterocycles. The van der Waals surface area contributed by atoms with Gasteiger partial charge in [0.15, 0.2) is 5.96 Å². The standard InChI is InChI=1S/C18H30N4OS/c1-2-19-17(20-13-16-5-12-24-14-16)21-15-18(6-10-23-11-7-18)22-8-3-4-9-22/h5,12,14H,2-4,6-11,13,15H2,1H3,(H2,19,20,21). The van der Waals surface area contributed by atoms with Crippen molar-refractivity contribution >= 4 is 17.3 Å². The Labute approximate surface area is 149 Å². The number of ether oxygens (including phenoxy) is 1. The van der Waals surface area contributed by atoms with Crippen LogP contribution in [0, 0.1) is 0 Å². The van der Waals surface area contributed by atoms with Crippen LogP contribution in [-0.4, -0.2) is 55.8 Å². The number of aliphatic imine (C=N–C) groups is 1. The molecule has 0 amide bonds. The maximum Gasteiger partial charge on any atom is 0.191 e. The molecule has 134 valence electrons. The van der Waals surface area contributed by atoms with Crippen LogP contribution >= 0.6 is 11.3 Å². The molecule has 6 heteroatoms. The SMILES string of the molecule is CCNC(=NCc1ccsc1)NCC1(N2CCCC2)CCOCC1. The Morgan fingerprint density at radius 3 is 2.75 bits per heavy atom. The molecule has 5 nitrogen and oxygen atoms in total. The molecule has 1 aromatic heterocycles. The van der Waals surface area contributed by atoms with Crippen molar-refractivity contribution in [2.75, 3.05) is 39.4 Å². The number of nitrogens with one attached hydrogen (secondary N) is 2. The molecular formula is C18H30N4OS. The minimum atomic E-state index is 0.229. The molecule has 0 radical (unpaired) electrons. The molecule has 2 aliphatic heterocycles. The smallest absolute Gasteiger partial charge is 0.191 e. The number of guanidine groups is 1. The van der Waals surface area contributed by atoms with Crippen LogP contribution in [0.4, 0.5) is 0 Å². The molecule has 0 saturated carbocycles. The highest BCUT2D eigenvalue weighted by Crippen LogP contribution is 2.30. The molecule has 0 aliphatic carbocycles. The van der Waals surface area contributed by atoms with Gasteiger partial charge in [0.05, 0.1) is 6.54 Å². The fraction of sp³-hybridized carbons (Fsp3) is 0.722. The Balaban J connectivity index is 1.63. The summed E-state index contributed by atoms with van der Waals surface area (Å²) in [5.41, 5.74) is 1.50. The summed E-state index contributed by atoms with van der Waals surface area (Å²) in [5, 5.41) is 11.3. The monoisotopic (exact) mass is 350 g/mol. The van der Waals surface area contributed by atoms with E-state index >= 15 is 0 Å². The minimum Gasteiger partial charge on any atom is -0.381 e. The van der Waals surface area contributed by atoms with Gasteiger partial charge in [0.1, 0.15) is 0 Å². The first-order valence-corrected chi connectivity index (χ1v) is 10.1. The van der Waals surface area contributed by atoms with Gasteiger partial charge in [0, 0.05) is 31.8 Å². The highest BCUT2D eigenvalue weighted by atomic mass is 32.1. The lowest BCUT2D eigenvalue weighted by molar-refractivity contribution is -0.0164. The lowest BCUT2D eigenvalue weighted by Crippen LogP contribution is -2.58. The van der Waals surface area contributed by atoms with E-state index in [4.69, 9.17) is 9.73 Å². The third-order valence-electron chi connectivity index (χ3n) is 5.13. The topological polar surface area (TPSA) is 48.9 Å². The summed E-state index contributed by atoms with van der Waals surface area (Å²) in [6, 6.07) is 2.14. The van der Waals surface area contributed by atoms with Crippen LogP contribution in [-0.2, 0) is 11.3 Å². The van der Waals surface area contributed by atoms with Gasteiger partial charge in [-0.25, -0.2) is 4.99 Å². The van der Waals surface area contributed by atoms with E-state index in [1.165, 1.54) is 31.5 Å². The van der Waals surface area contributed by atoms with Gasteiger partial charge in [-0.15, -0.1) is 0 Å². The van der Waals surface area contributed by atoms with E-state index < -0.39 is 0 Å². The van der Waals surface area contributed by atoms with Crippen LogP contribution in [0.25, 0.3) is 0 Å². The first-order chi connectivity index (χ1) is 11.8. The first-order valence-electron chi connectivity index (χ1n) is 9.18. The highest BCUT2D eigenvalue weighted by molar-refractivity contribution is 7.07. The van der Waals surface area contributed by atoms with Gasteiger partial charge >= 0.3 is 0 Å². The number of nitrogens with zero attached hydrogens (tertiary/aromatic N) is 2. The normalized spacial score (nSPS) is 21.8. The van der Waals surface area contributed by atoms with Gasteiger partial charge in [-0.2, -0.15) is 11.3 Å². The summed E-state index contributed by atoms with van der Waals surface area (Å²) in [5.74, 6) is 0.925. The van der Waals surface area contributed by atoms with Crippen LogP contribution < -0.4 is 10.6 Å². The first kappa shape index (κ1) is 17.7. The van der Waals surface area contributed by atoms with E-state index in [0.29, 0.717) is 0 Å². The number of hydrogen-bond acceptors (Lipinski definition) is 4. The molecule has 0 bridgehead atoms. The van der Waals surface area contributed by atoms with Crippen molar-refractivity contribution in [3.05, 3.63) is 22.4 Å². The molecule has 3 rings (SSSR count). The summed E-state index contributed by atoms with van der Waals surface area (Å²) < 4.78 is 5.64. The van der Waals surface area contributed by atoms with Crippen LogP contribution in [0.1, 0.15) is 38.2 Å². The highest BCUT2D eigenvalue weighted by Gasteiger charge is 2.39. The Morgan fingerprint density at radius 1 is 1.29 bits per heavy atom. The molecule has 1 aromatic rings. The summed E-state index contributed by atoms with van der Waals surface area (Å²) in [7, 11) is 0. The Hall–Kier alpha value is -1.11. The maximum atomic E-state index is 5.64. The van der Waals surface area contributed by atoms with Crippen molar-refractivity contribution in [3.8, 4) is 0 Å². The fourth-order valence-corrected chi connectivity index (χ4v) is 4.35. The largest absolute Gasteiger partial charge is 0.381 e. The number of rotatable bonds is 6. The summed E-state index contributed by atoms with van der Waals surface area (Å²) in [6.45, 7) is 8.89. The van der Waals surface area contributed by atoms with Crippen molar-refractivity contribution in [1.29, 1.82) is 0 Å². The zero-order valence-corrected chi connectivity index (χ0v) is 15.5. The van der Waals surface area contributed by atoms with E-state index in [1.807, 2.05) is 0 Å². The van der Waals surface area contributed by atoms with E-state index in [2.05, 4.69) is 39.3 Å². The zero-order valence-electron chi connectivity index (χ0n) is 14.7.